The molecule has 1 unspecified atom stereocenters. The van der Waals surface area contributed by atoms with Crippen molar-refractivity contribution in [2.75, 3.05) is 31.2 Å². The normalized spacial score (nSPS) is 14.8. The van der Waals surface area contributed by atoms with E-state index in [-0.39, 0.29) is 30.4 Å². The van der Waals surface area contributed by atoms with Crippen molar-refractivity contribution in [1.82, 2.24) is 15.2 Å². The number of halogens is 2. The summed E-state index contributed by atoms with van der Waals surface area (Å²) < 4.78 is 20.0. The molecule has 8 heteroatoms. The highest BCUT2D eigenvalue weighted by molar-refractivity contribution is 5.87. The van der Waals surface area contributed by atoms with E-state index in [0.717, 1.165) is 18.7 Å². The Hall–Kier alpha value is -2.77. The molecule has 1 aliphatic heterocycles. The molecule has 1 aromatic heterocycles. The summed E-state index contributed by atoms with van der Waals surface area (Å²) in [7, 11) is 0. The third-order valence-electron chi connectivity index (χ3n) is 5.22. The molecule has 1 N–H and O–H groups in total. The minimum Gasteiger partial charge on any atom is -0.378 e. The molecule has 3 aromatic rings. The molecule has 30 heavy (non-hydrogen) atoms. The van der Waals surface area contributed by atoms with E-state index in [1.54, 1.807) is 13.0 Å². The average Bonchev–Trinajstić information content (AvgIpc) is 3.23. The number of aromatic amines is 1. The highest BCUT2D eigenvalue weighted by Crippen LogP contribution is 2.27. The maximum Gasteiger partial charge on any atom is 0.244 e. The van der Waals surface area contributed by atoms with E-state index in [1.807, 2.05) is 41.3 Å². The van der Waals surface area contributed by atoms with Crippen LogP contribution in [0.2, 0.25) is 0 Å². The minimum atomic E-state index is -0.439. The number of carbonyl (C=O) groups excluding carboxylic acids is 1. The van der Waals surface area contributed by atoms with Gasteiger partial charge in [0.15, 0.2) is 0 Å². The SMILES string of the molecule is CC(C(=O)Cc1nc(N2CCOCC2)n[nH]1)c1ccc(-c2ccccc2)c(F)c1.Cl. The van der Waals surface area contributed by atoms with E-state index in [9.17, 15) is 9.18 Å². The first-order valence-electron chi connectivity index (χ1n) is 9.73. The fraction of sp³-hybridized carbons (Fsp3) is 0.318. The van der Waals surface area contributed by atoms with Crippen molar-refractivity contribution in [3.63, 3.8) is 0 Å². The number of aromatic nitrogens is 3. The maximum absolute atomic E-state index is 14.6. The van der Waals surface area contributed by atoms with Crippen LogP contribution in [0.4, 0.5) is 10.3 Å². The lowest BCUT2D eigenvalue weighted by molar-refractivity contribution is -0.119. The van der Waals surface area contributed by atoms with Gasteiger partial charge in [0.25, 0.3) is 0 Å². The van der Waals surface area contributed by atoms with Crippen molar-refractivity contribution in [2.45, 2.75) is 19.3 Å². The zero-order chi connectivity index (χ0) is 20.2. The molecule has 0 bridgehead atoms. The van der Waals surface area contributed by atoms with E-state index < -0.39 is 5.92 Å². The van der Waals surface area contributed by atoms with Gasteiger partial charge < -0.3 is 9.64 Å². The van der Waals surface area contributed by atoms with Crippen LogP contribution in [0.25, 0.3) is 11.1 Å². The standard InChI is InChI=1S/C22H23FN4O2.ClH/c1-15(17-7-8-18(19(23)13-17)16-5-3-2-4-6-16)20(28)14-21-24-22(26-25-21)27-9-11-29-12-10-27;/h2-8,13,15H,9-12,14H2,1H3,(H,24,25,26);1H. The van der Waals surface area contributed by atoms with Gasteiger partial charge in [-0.25, -0.2) is 4.39 Å². The van der Waals surface area contributed by atoms with Gasteiger partial charge in [0.2, 0.25) is 5.95 Å². The predicted octanol–water partition coefficient (Wildman–Crippen LogP) is 3.78. The first-order valence-corrected chi connectivity index (χ1v) is 9.73. The number of ketones is 1. The lowest BCUT2D eigenvalue weighted by atomic mass is 9.92. The number of ether oxygens (including phenoxy) is 1. The Balaban J connectivity index is 0.00000256. The lowest BCUT2D eigenvalue weighted by Crippen LogP contribution is -2.36. The Kier molecular flexibility index (Phi) is 7.18. The van der Waals surface area contributed by atoms with E-state index in [0.29, 0.717) is 36.1 Å². The molecule has 0 saturated carbocycles. The monoisotopic (exact) mass is 430 g/mol. The number of anilines is 1. The van der Waals surface area contributed by atoms with Crippen LogP contribution in [0.1, 0.15) is 24.2 Å². The van der Waals surface area contributed by atoms with Crippen LogP contribution < -0.4 is 4.90 Å². The molecule has 0 radical (unpaired) electrons. The number of nitrogens with zero attached hydrogens (tertiary/aromatic N) is 3. The molecule has 1 fully saturated rings. The molecule has 1 atom stereocenters. The predicted molar refractivity (Wildman–Crippen MR) is 116 cm³/mol. The van der Waals surface area contributed by atoms with E-state index in [1.165, 1.54) is 6.07 Å². The maximum atomic E-state index is 14.6. The molecule has 4 rings (SSSR count). The number of hydrogen-bond donors (Lipinski definition) is 1. The van der Waals surface area contributed by atoms with Crippen molar-refractivity contribution in [3.05, 3.63) is 65.7 Å². The second-order valence-electron chi connectivity index (χ2n) is 7.15. The second kappa shape index (κ2) is 9.82. The van der Waals surface area contributed by atoms with Gasteiger partial charge in [-0.15, -0.1) is 17.5 Å². The van der Waals surface area contributed by atoms with E-state index in [4.69, 9.17) is 4.74 Å². The van der Waals surface area contributed by atoms with E-state index >= 15 is 0 Å². The molecule has 0 aliphatic carbocycles. The summed E-state index contributed by atoms with van der Waals surface area (Å²) >= 11 is 0. The van der Waals surface area contributed by atoms with Crippen molar-refractivity contribution < 1.29 is 13.9 Å². The van der Waals surface area contributed by atoms with Crippen LogP contribution >= 0.6 is 12.4 Å². The molecule has 6 nitrogen and oxygen atoms in total. The average molecular weight is 431 g/mol. The molecule has 2 heterocycles. The summed E-state index contributed by atoms with van der Waals surface area (Å²) in [5.41, 5.74) is 1.99. The van der Waals surface area contributed by atoms with Crippen LogP contribution in [0.5, 0.6) is 0 Å². The minimum absolute atomic E-state index is 0. The molecular formula is C22H24ClFN4O2. The van der Waals surface area contributed by atoms with Gasteiger partial charge in [-0.1, -0.05) is 49.4 Å². The second-order valence-corrected chi connectivity index (χ2v) is 7.15. The Morgan fingerprint density at radius 3 is 2.63 bits per heavy atom. The number of benzene rings is 2. The fourth-order valence-electron chi connectivity index (χ4n) is 3.43. The summed E-state index contributed by atoms with van der Waals surface area (Å²) in [5, 5.41) is 7.05. The molecule has 158 valence electrons. The smallest absolute Gasteiger partial charge is 0.244 e. The van der Waals surface area contributed by atoms with Crippen LogP contribution in [0, 0.1) is 5.82 Å². The zero-order valence-electron chi connectivity index (χ0n) is 16.7. The van der Waals surface area contributed by atoms with Crippen molar-refractivity contribution in [3.8, 4) is 11.1 Å². The van der Waals surface area contributed by atoms with Gasteiger partial charge in [0.1, 0.15) is 17.4 Å². The number of hydrogen-bond acceptors (Lipinski definition) is 5. The largest absolute Gasteiger partial charge is 0.378 e. The number of H-pyrrole nitrogens is 1. The van der Waals surface area contributed by atoms with Crippen molar-refractivity contribution in [2.24, 2.45) is 0 Å². The number of morpholine rings is 1. The first kappa shape index (κ1) is 21.9. The van der Waals surface area contributed by atoms with Gasteiger partial charge in [-0.3, -0.25) is 9.89 Å². The quantitative estimate of drug-likeness (QED) is 0.644. The first-order chi connectivity index (χ1) is 14.1. The Morgan fingerprint density at radius 1 is 1.20 bits per heavy atom. The summed E-state index contributed by atoms with van der Waals surface area (Å²) in [4.78, 5) is 19.2. The van der Waals surface area contributed by atoms with E-state index in [2.05, 4.69) is 15.2 Å². The van der Waals surface area contributed by atoms with Gasteiger partial charge in [0, 0.05) is 24.6 Å². The van der Waals surface area contributed by atoms with Crippen molar-refractivity contribution >= 4 is 24.1 Å². The van der Waals surface area contributed by atoms with Gasteiger partial charge in [-0.2, -0.15) is 4.98 Å². The highest BCUT2D eigenvalue weighted by atomic mass is 35.5. The summed E-state index contributed by atoms with van der Waals surface area (Å²) in [6.45, 7) is 4.54. The van der Waals surface area contributed by atoms with Gasteiger partial charge in [-0.05, 0) is 17.2 Å². The third kappa shape index (κ3) is 4.86. The summed E-state index contributed by atoms with van der Waals surface area (Å²) in [6, 6.07) is 14.4. The highest BCUT2D eigenvalue weighted by Gasteiger charge is 2.21. The van der Waals surface area contributed by atoms with Crippen LogP contribution in [-0.4, -0.2) is 47.3 Å². The Bertz CT molecular complexity index is 990. The van der Waals surface area contributed by atoms with Crippen molar-refractivity contribution in [1.29, 1.82) is 0 Å². The molecule has 0 spiro atoms. The summed E-state index contributed by atoms with van der Waals surface area (Å²) in [6.07, 6.45) is 0.126. The van der Waals surface area contributed by atoms with Crippen LogP contribution in [0.15, 0.2) is 48.5 Å². The van der Waals surface area contributed by atoms with Gasteiger partial charge in [0.05, 0.1) is 19.6 Å². The molecule has 2 aromatic carbocycles. The molecular weight excluding hydrogens is 407 g/mol. The Labute approximate surface area is 180 Å². The number of carbonyl (C=O) groups is 1. The number of rotatable bonds is 6. The van der Waals surface area contributed by atoms with Crippen LogP contribution in [0.3, 0.4) is 0 Å². The Morgan fingerprint density at radius 2 is 1.93 bits per heavy atom. The topological polar surface area (TPSA) is 71.1 Å². The number of nitrogens with one attached hydrogen (secondary N) is 1. The zero-order valence-corrected chi connectivity index (χ0v) is 17.5. The lowest BCUT2D eigenvalue weighted by Gasteiger charge is -2.25. The fourth-order valence-corrected chi connectivity index (χ4v) is 3.43. The molecule has 0 amide bonds. The molecule has 1 saturated heterocycles. The third-order valence-corrected chi connectivity index (χ3v) is 5.22. The molecule has 1 aliphatic rings. The summed E-state index contributed by atoms with van der Waals surface area (Å²) in [5.74, 6) is 0.294. The van der Waals surface area contributed by atoms with Gasteiger partial charge >= 0.3 is 0 Å². The number of Topliss-reactive ketones (excluding diaryl/α,β-unsaturated/α-hetero) is 1. The van der Waals surface area contributed by atoms with Crippen LogP contribution in [-0.2, 0) is 16.0 Å².